The van der Waals surface area contributed by atoms with Crippen LogP contribution in [0.4, 0.5) is 0 Å². The highest BCUT2D eigenvalue weighted by molar-refractivity contribution is 14.0. The molecule has 1 heterocycles. The van der Waals surface area contributed by atoms with E-state index in [-0.39, 0.29) is 42.3 Å². The minimum atomic E-state index is -3.19. The zero-order chi connectivity index (χ0) is 20.8. The van der Waals surface area contributed by atoms with E-state index in [0.717, 1.165) is 5.56 Å². The Morgan fingerprint density at radius 3 is 2.41 bits per heavy atom. The molecule has 162 valence electrons. The zero-order valence-electron chi connectivity index (χ0n) is 17.1. The molecule has 0 spiro atoms. The van der Waals surface area contributed by atoms with Gasteiger partial charge in [-0.05, 0) is 44.5 Å². The van der Waals surface area contributed by atoms with Crippen LogP contribution in [0.1, 0.15) is 32.4 Å². The molecule has 0 saturated heterocycles. The first-order valence-electron chi connectivity index (χ1n) is 9.05. The summed E-state index contributed by atoms with van der Waals surface area (Å²) < 4.78 is 25.5. The topological polar surface area (TPSA) is 88.4 Å². The van der Waals surface area contributed by atoms with Gasteiger partial charge in [0.1, 0.15) is 0 Å². The first-order valence-corrected chi connectivity index (χ1v) is 11.1. The van der Waals surface area contributed by atoms with Crippen LogP contribution < -0.4 is 10.6 Å². The van der Waals surface area contributed by atoms with Crippen LogP contribution in [0.2, 0.25) is 5.02 Å². The maximum atomic E-state index is 12.2. The monoisotopic (exact) mass is 553 g/mol. The van der Waals surface area contributed by atoms with Gasteiger partial charge in [-0.3, -0.25) is 9.67 Å². The molecular weight excluding hydrogens is 525 g/mol. The molecule has 2 rings (SSSR count). The summed E-state index contributed by atoms with van der Waals surface area (Å²) in [4.78, 5) is 4.18. The lowest BCUT2D eigenvalue weighted by Crippen LogP contribution is -2.43. The van der Waals surface area contributed by atoms with Gasteiger partial charge in [0.25, 0.3) is 0 Å². The molecule has 0 aliphatic carbocycles. The van der Waals surface area contributed by atoms with E-state index in [4.69, 9.17) is 11.6 Å². The SMILES string of the molecule is CN=C(NCCS(=O)(=O)C(C)(C)C)NCC(c1ccc(Cl)cc1)n1cccn1.I. The van der Waals surface area contributed by atoms with E-state index in [1.807, 2.05) is 41.2 Å². The Labute approximate surface area is 195 Å². The number of guanidine groups is 1. The molecular formula is C19H29ClIN5O2S. The highest BCUT2D eigenvalue weighted by Crippen LogP contribution is 2.19. The van der Waals surface area contributed by atoms with E-state index in [9.17, 15) is 8.42 Å². The van der Waals surface area contributed by atoms with Gasteiger partial charge in [-0.25, -0.2) is 8.42 Å². The van der Waals surface area contributed by atoms with Crippen LogP contribution >= 0.6 is 35.6 Å². The lowest BCUT2D eigenvalue weighted by atomic mass is 10.1. The number of benzene rings is 1. The van der Waals surface area contributed by atoms with Crippen molar-refractivity contribution in [3.8, 4) is 0 Å². The van der Waals surface area contributed by atoms with E-state index in [2.05, 4.69) is 20.7 Å². The Hall–Kier alpha value is -1.33. The number of aliphatic imine (C=N–C) groups is 1. The molecule has 0 radical (unpaired) electrons. The van der Waals surface area contributed by atoms with Crippen molar-refractivity contribution in [1.29, 1.82) is 0 Å². The van der Waals surface area contributed by atoms with E-state index in [1.165, 1.54) is 0 Å². The van der Waals surface area contributed by atoms with Crippen molar-refractivity contribution in [3.05, 3.63) is 53.3 Å². The molecule has 29 heavy (non-hydrogen) atoms. The average Bonchev–Trinajstić information content (AvgIpc) is 3.15. The van der Waals surface area contributed by atoms with Crippen molar-refractivity contribution in [3.63, 3.8) is 0 Å². The van der Waals surface area contributed by atoms with Gasteiger partial charge in [-0.15, -0.1) is 24.0 Å². The molecule has 2 aromatic rings. The molecule has 0 bridgehead atoms. The summed E-state index contributed by atoms with van der Waals surface area (Å²) in [5.41, 5.74) is 1.05. The van der Waals surface area contributed by atoms with Gasteiger partial charge in [0.05, 0.1) is 16.5 Å². The molecule has 0 fully saturated rings. The van der Waals surface area contributed by atoms with Crippen molar-refractivity contribution in [2.45, 2.75) is 31.6 Å². The summed E-state index contributed by atoms with van der Waals surface area (Å²) in [6, 6.07) is 9.41. The van der Waals surface area contributed by atoms with Gasteiger partial charge in [0.15, 0.2) is 15.8 Å². The maximum Gasteiger partial charge on any atom is 0.191 e. The number of hydrogen-bond donors (Lipinski definition) is 2. The highest BCUT2D eigenvalue weighted by atomic mass is 127. The van der Waals surface area contributed by atoms with Crippen molar-refractivity contribution in [2.24, 2.45) is 4.99 Å². The third kappa shape index (κ3) is 7.45. The first kappa shape index (κ1) is 25.7. The second-order valence-corrected chi connectivity index (χ2v) is 10.7. The van der Waals surface area contributed by atoms with Gasteiger partial charge in [0.2, 0.25) is 0 Å². The Morgan fingerprint density at radius 1 is 1.24 bits per heavy atom. The summed E-state index contributed by atoms with van der Waals surface area (Å²) >= 11 is 6.00. The smallest absolute Gasteiger partial charge is 0.191 e. The van der Waals surface area contributed by atoms with Gasteiger partial charge >= 0.3 is 0 Å². The third-order valence-corrected chi connectivity index (χ3v) is 7.24. The van der Waals surface area contributed by atoms with Crippen LogP contribution in [0.3, 0.4) is 0 Å². The first-order chi connectivity index (χ1) is 13.1. The Morgan fingerprint density at radius 2 is 1.90 bits per heavy atom. The molecule has 1 unspecified atom stereocenters. The predicted molar refractivity (Wildman–Crippen MR) is 130 cm³/mol. The van der Waals surface area contributed by atoms with Crippen molar-refractivity contribution in [2.75, 3.05) is 25.9 Å². The summed E-state index contributed by atoms with van der Waals surface area (Å²) in [5, 5.41) is 11.3. The average molecular weight is 554 g/mol. The van der Waals surface area contributed by atoms with Crippen LogP contribution in [0.5, 0.6) is 0 Å². The molecule has 0 saturated carbocycles. The van der Waals surface area contributed by atoms with E-state index in [0.29, 0.717) is 17.5 Å². The Balaban J connectivity index is 0.00000420. The minimum Gasteiger partial charge on any atom is -0.355 e. The molecule has 0 aliphatic rings. The molecule has 0 aliphatic heterocycles. The van der Waals surface area contributed by atoms with Crippen molar-refractivity contribution in [1.82, 2.24) is 20.4 Å². The molecule has 2 N–H and O–H groups in total. The third-order valence-electron chi connectivity index (χ3n) is 4.38. The molecule has 1 aromatic carbocycles. The standard InChI is InChI=1S/C19H28ClN5O2S.HI/c1-19(2,3)28(26,27)13-11-22-18(21-4)23-14-17(25-12-5-10-24-25)15-6-8-16(20)9-7-15;/h5-10,12,17H,11,13-14H2,1-4H3,(H2,21,22,23);1H. The zero-order valence-corrected chi connectivity index (χ0v) is 21.0. The summed E-state index contributed by atoms with van der Waals surface area (Å²) in [6.45, 7) is 5.92. The molecule has 10 heteroatoms. The van der Waals surface area contributed by atoms with Crippen LogP contribution in [0, 0.1) is 0 Å². The fourth-order valence-electron chi connectivity index (χ4n) is 2.54. The maximum absolute atomic E-state index is 12.2. The van der Waals surface area contributed by atoms with Crippen LogP contribution in [-0.4, -0.2) is 54.8 Å². The number of sulfone groups is 1. The molecule has 7 nitrogen and oxygen atoms in total. The largest absolute Gasteiger partial charge is 0.355 e. The summed E-state index contributed by atoms with van der Waals surface area (Å²) in [5.74, 6) is 0.576. The Kier molecular flexibility index (Phi) is 9.90. The van der Waals surface area contributed by atoms with Crippen LogP contribution in [0.25, 0.3) is 0 Å². The van der Waals surface area contributed by atoms with E-state index >= 15 is 0 Å². The van der Waals surface area contributed by atoms with E-state index in [1.54, 1.807) is 34.0 Å². The fraction of sp³-hybridized carbons (Fsp3) is 0.474. The molecule has 1 atom stereocenters. The normalized spacial score (nSPS) is 13.5. The predicted octanol–water partition coefficient (Wildman–Crippen LogP) is 3.12. The minimum absolute atomic E-state index is 0. The number of halogens is 2. The van der Waals surface area contributed by atoms with Crippen molar-refractivity contribution < 1.29 is 8.42 Å². The summed E-state index contributed by atoms with van der Waals surface area (Å²) in [6.07, 6.45) is 3.63. The van der Waals surface area contributed by atoms with Crippen LogP contribution in [0.15, 0.2) is 47.7 Å². The van der Waals surface area contributed by atoms with Crippen LogP contribution in [-0.2, 0) is 9.84 Å². The van der Waals surface area contributed by atoms with Gasteiger partial charge in [-0.1, -0.05) is 23.7 Å². The fourth-order valence-corrected chi connectivity index (χ4v) is 3.65. The number of nitrogens with zero attached hydrogens (tertiary/aromatic N) is 3. The number of hydrogen-bond acceptors (Lipinski definition) is 4. The molecule has 1 aromatic heterocycles. The highest BCUT2D eigenvalue weighted by Gasteiger charge is 2.28. The van der Waals surface area contributed by atoms with Crippen molar-refractivity contribution >= 4 is 51.4 Å². The summed E-state index contributed by atoms with van der Waals surface area (Å²) in [7, 11) is -1.54. The Bertz CT molecular complexity index is 878. The lowest BCUT2D eigenvalue weighted by molar-refractivity contribution is 0.511. The number of rotatable bonds is 7. The van der Waals surface area contributed by atoms with E-state index < -0.39 is 14.6 Å². The number of nitrogens with one attached hydrogen (secondary N) is 2. The quantitative estimate of drug-likeness (QED) is 0.313. The van der Waals surface area contributed by atoms with Gasteiger partial charge < -0.3 is 10.6 Å². The molecule has 0 amide bonds. The second kappa shape index (κ2) is 11.2. The second-order valence-electron chi connectivity index (χ2n) is 7.36. The number of aromatic nitrogens is 2. The lowest BCUT2D eigenvalue weighted by Gasteiger charge is -2.22. The van der Waals surface area contributed by atoms with Gasteiger partial charge in [-0.2, -0.15) is 5.10 Å². The van der Waals surface area contributed by atoms with Gasteiger partial charge in [0, 0.05) is 37.6 Å².